The number of aromatic carboxylic acids is 1. The van der Waals surface area contributed by atoms with Crippen LogP contribution in [-0.2, 0) is 0 Å². The number of hydrogen-bond donors (Lipinski definition) is 1. The molecule has 0 unspecified atom stereocenters. The van der Waals surface area contributed by atoms with E-state index in [1.807, 2.05) is 4.90 Å². The van der Waals surface area contributed by atoms with E-state index in [1.165, 1.54) is 12.1 Å². The fraction of sp³-hybridized carbons (Fsp3) is 0.500. The van der Waals surface area contributed by atoms with E-state index in [-0.39, 0.29) is 11.5 Å². The average Bonchev–Trinajstić information content (AvgIpc) is 2.47. The van der Waals surface area contributed by atoms with Crippen molar-refractivity contribution in [2.45, 2.75) is 33.1 Å². The van der Waals surface area contributed by atoms with Gasteiger partial charge in [0.2, 0.25) is 0 Å². The average molecular weight is 275 g/mol. The molecule has 108 valence electrons. The molecule has 20 heavy (non-hydrogen) atoms. The number of carbonyl (C=O) groups is 2. The van der Waals surface area contributed by atoms with Crippen molar-refractivity contribution in [3.05, 3.63) is 35.4 Å². The second-order valence-electron chi connectivity index (χ2n) is 5.84. The van der Waals surface area contributed by atoms with Crippen LogP contribution in [0.25, 0.3) is 0 Å². The number of likely N-dealkylation sites (tertiary alicyclic amines) is 1. The fourth-order valence-electron chi connectivity index (χ4n) is 2.54. The quantitative estimate of drug-likeness (QED) is 0.922. The van der Waals surface area contributed by atoms with Crippen molar-refractivity contribution in [1.29, 1.82) is 0 Å². The Hall–Kier alpha value is -1.84. The van der Waals surface area contributed by atoms with Crippen LogP contribution in [0, 0.1) is 5.41 Å². The Balaban J connectivity index is 2.03. The van der Waals surface area contributed by atoms with Crippen LogP contribution in [-0.4, -0.2) is 35.0 Å². The third-order valence-electron chi connectivity index (χ3n) is 4.49. The molecule has 1 heterocycles. The molecule has 2 rings (SSSR count). The number of piperidine rings is 1. The molecule has 1 fully saturated rings. The Morgan fingerprint density at radius 1 is 1.15 bits per heavy atom. The maximum Gasteiger partial charge on any atom is 0.335 e. The maximum atomic E-state index is 12.4. The summed E-state index contributed by atoms with van der Waals surface area (Å²) < 4.78 is 0. The van der Waals surface area contributed by atoms with Crippen LogP contribution in [0.1, 0.15) is 53.8 Å². The molecule has 1 saturated heterocycles. The number of amides is 1. The molecule has 0 saturated carbocycles. The van der Waals surface area contributed by atoms with Crippen molar-refractivity contribution in [2.24, 2.45) is 5.41 Å². The topological polar surface area (TPSA) is 57.6 Å². The monoisotopic (exact) mass is 275 g/mol. The first-order chi connectivity index (χ1) is 9.45. The zero-order chi connectivity index (χ0) is 14.8. The SMILES string of the molecule is CCC1(C)CCN(C(=O)c2ccc(C(=O)O)cc2)CC1. The van der Waals surface area contributed by atoms with E-state index in [4.69, 9.17) is 5.11 Å². The van der Waals surface area contributed by atoms with E-state index in [0.29, 0.717) is 11.0 Å². The molecule has 0 aromatic heterocycles. The van der Waals surface area contributed by atoms with E-state index < -0.39 is 5.97 Å². The number of benzene rings is 1. The number of hydrogen-bond acceptors (Lipinski definition) is 2. The van der Waals surface area contributed by atoms with Crippen molar-refractivity contribution >= 4 is 11.9 Å². The number of carbonyl (C=O) groups excluding carboxylic acids is 1. The van der Waals surface area contributed by atoms with Crippen molar-refractivity contribution in [2.75, 3.05) is 13.1 Å². The summed E-state index contributed by atoms with van der Waals surface area (Å²) in [5, 5.41) is 8.85. The summed E-state index contributed by atoms with van der Waals surface area (Å²) in [6.07, 6.45) is 3.20. The van der Waals surface area contributed by atoms with E-state index in [2.05, 4.69) is 13.8 Å². The molecule has 0 bridgehead atoms. The molecular formula is C16H21NO3. The van der Waals surface area contributed by atoms with Crippen molar-refractivity contribution in [1.82, 2.24) is 4.90 Å². The molecule has 4 heteroatoms. The summed E-state index contributed by atoms with van der Waals surface area (Å²) in [7, 11) is 0. The highest BCUT2D eigenvalue weighted by Crippen LogP contribution is 2.34. The highest BCUT2D eigenvalue weighted by molar-refractivity contribution is 5.95. The van der Waals surface area contributed by atoms with Gasteiger partial charge in [0.15, 0.2) is 0 Å². The first kappa shape index (κ1) is 14.6. The Kier molecular flexibility index (Phi) is 4.12. The zero-order valence-electron chi connectivity index (χ0n) is 12.1. The lowest BCUT2D eigenvalue weighted by molar-refractivity contribution is 0.0598. The summed E-state index contributed by atoms with van der Waals surface area (Å²) in [4.78, 5) is 25.0. The second-order valence-corrected chi connectivity index (χ2v) is 5.84. The molecular weight excluding hydrogens is 254 g/mol. The van der Waals surface area contributed by atoms with Crippen LogP contribution < -0.4 is 0 Å². The van der Waals surface area contributed by atoms with Crippen molar-refractivity contribution in [3.63, 3.8) is 0 Å². The van der Waals surface area contributed by atoms with E-state index in [9.17, 15) is 9.59 Å². The molecule has 4 nitrogen and oxygen atoms in total. The van der Waals surface area contributed by atoms with Gasteiger partial charge < -0.3 is 10.0 Å². The molecule has 1 amide bonds. The van der Waals surface area contributed by atoms with Crippen LogP contribution in [0.5, 0.6) is 0 Å². The minimum absolute atomic E-state index is 0.0000850. The van der Waals surface area contributed by atoms with E-state index in [1.54, 1.807) is 12.1 Å². The van der Waals surface area contributed by atoms with E-state index >= 15 is 0 Å². The van der Waals surface area contributed by atoms with Gasteiger partial charge in [0.05, 0.1) is 5.56 Å². The third kappa shape index (κ3) is 3.00. The normalized spacial score (nSPS) is 17.8. The van der Waals surface area contributed by atoms with Crippen LogP contribution >= 0.6 is 0 Å². The van der Waals surface area contributed by atoms with Gasteiger partial charge in [-0.25, -0.2) is 4.79 Å². The largest absolute Gasteiger partial charge is 0.478 e. The predicted molar refractivity (Wildman–Crippen MR) is 76.9 cm³/mol. The highest BCUT2D eigenvalue weighted by Gasteiger charge is 2.30. The van der Waals surface area contributed by atoms with Gasteiger partial charge in [-0.15, -0.1) is 0 Å². The van der Waals surface area contributed by atoms with Gasteiger partial charge in [-0.05, 0) is 42.5 Å². The fourth-order valence-corrected chi connectivity index (χ4v) is 2.54. The van der Waals surface area contributed by atoms with Crippen LogP contribution in [0.4, 0.5) is 0 Å². The van der Waals surface area contributed by atoms with Gasteiger partial charge in [0, 0.05) is 18.7 Å². The summed E-state index contributed by atoms with van der Waals surface area (Å²) in [6.45, 7) is 6.03. The Morgan fingerprint density at radius 3 is 2.10 bits per heavy atom. The Morgan fingerprint density at radius 2 is 1.65 bits per heavy atom. The molecule has 1 aliphatic rings. The highest BCUT2D eigenvalue weighted by atomic mass is 16.4. The third-order valence-corrected chi connectivity index (χ3v) is 4.49. The Bertz CT molecular complexity index is 499. The van der Waals surface area contributed by atoms with Gasteiger partial charge in [-0.2, -0.15) is 0 Å². The minimum atomic E-state index is -0.972. The van der Waals surface area contributed by atoms with Gasteiger partial charge in [-0.1, -0.05) is 20.3 Å². The number of carboxylic acids is 1. The second kappa shape index (κ2) is 5.65. The summed E-state index contributed by atoms with van der Waals surface area (Å²) in [5.74, 6) is -0.972. The molecule has 0 atom stereocenters. The molecule has 0 spiro atoms. The van der Waals surface area contributed by atoms with Crippen LogP contribution in [0.15, 0.2) is 24.3 Å². The van der Waals surface area contributed by atoms with Gasteiger partial charge in [0.1, 0.15) is 0 Å². The minimum Gasteiger partial charge on any atom is -0.478 e. The van der Waals surface area contributed by atoms with E-state index in [0.717, 1.165) is 32.4 Å². The molecule has 1 aromatic carbocycles. The van der Waals surface area contributed by atoms with Gasteiger partial charge >= 0.3 is 5.97 Å². The number of carboxylic acid groups (broad SMARTS) is 1. The lowest BCUT2D eigenvalue weighted by Crippen LogP contribution is -2.41. The molecule has 1 aromatic rings. The van der Waals surface area contributed by atoms with Crippen molar-refractivity contribution in [3.8, 4) is 0 Å². The van der Waals surface area contributed by atoms with Gasteiger partial charge in [-0.3, -0.25) is 4.79 Å². The summed E-state index contributed by atoms with van der Waals surface area (Å²) in [6, 6.07) is 6.16. The molecule has 0 aliphatic carbocycles. The molecule has 0 radical (unpaired) electrons. The number of rotatable bonds is 3. The Labute approximate surface area is 119 Å². The smallest absolute Gasteiger partial charge is 0.335 e. The first-order valence-corrected chi connectivity index (χ1v) is 7.08. The van der Waals surface area contributed by atoms with Crippen LogP contribution in [0.3, 0.4) is 0 Å². The first-order valence-electron chi connectivity index (χ1n) is 7.08. The van der Waals surface area contributed by atoms with Crippen molar-refractivity contribution < 1.29 is 14.7 Å². The summed E-state index contributed by atoms with van der Waals surface area (Å²) in [5.41, 5.74) is 1.12. The zero-order valence-corrected chi connectivity index (χ0v) is 12.1. The number of nitrogens with zero attached hydrogens (tertiary/aromatic N) is 1. The standard InChI is InChI=1S/C16H21NO3/c1-3-16(2)8-10-17(11-9-16)14(18)12-4-6-13(7-5-12)15(19)20/h4-7H,3,8-11H2,1-2H3,(H,19,20). The molecule has 1 N–H and O–H groups in total. The lowest BCUT2D eigenvalue weighted by atomic mass is 9.78. The summed E-state index contributed by atoms with van der Waals surface area (Å²) >= 11 is 0. The van der Waals surface area contributed by atoms with Gasteiger partial charge in [0.25, 0.3) is 5.91 Å². The predicted octanol–water partition coefficient (Wildman–Crippen LogP) is 3.04. The maximum absolute atomic E-state index is 12.4. The lowest BCUT2D eigenvalue weighted by Gasteiger charge is -2.39. The molecule has 1 aliphatic heterocycles. The van der Waals surface area contributed by atoms with Crippen LogP contribution in [0.2, 0.25) is 0 Å².